The molecule has 2 fully saturated rings. The Morgan fingerprint density at radius 2 is 1.74 bits per heavy atom. The van der Waals surface area contributed by atoms with E-state index >= 15 is 0 Å². The Morgan fingerprint density at radius 1 is 1.05 bits per heavy atom. The molecular formula is C31H45ClN7O2P. The van der Waals surface area contributed by atoms with E-state index in [0.29, 0.717) is 34.0 Å². The molecule has 2 heterocycles. The first-order valence-electron chi connectivity index (χ1n) is 14.5. The van der Waals surface area contributed by atoms with E-state index in [0.717, 1.165) is 68.7 Å². The quantitative estimate of drug-likeness (QED) is 0.232. The summed E-state index contributed by atoms with van der Waals surface area (Å²) in [6.45, 7) is 17.6. The lowest BCUT2D eigenvalue weighted by atomic mass is 10.0. The minimum atomic E-state index is -2.57. The Morgan fingerprint density at radius 3 is 2.33 bits per heavy atom. The number of hydrogen-bond acceptors (Lipinski definition) is 7. The van der Waals surface area contributed by atoms with Crippen LogP contribution in [0.2, 0.25) is 0 Å². The molecule has 2 N–H and O–H groups in total. The highest BCUT2D eigenvalue weighted by atomic mass is 35.5. The maximum Gasteiger partial charge on any atom is 0.228 e. The fourth-order valence-corrected chi connectivity index (χ4v) is 7.50. The minimum Gasteiger partial charge on any atom is -0.494 e. The summed E-state index contributed by atoms with van der Waals surface area (Å²) in [5.41, 5.74) is 3.49. The van der Waals surface area contributed by atoms with Gasteiger partial charge in [-0.1, -0.05) is 23.7 Å². The second-order valence-corrected chi connectivity index (χ2v) is 15.2. The summed E-state index contributed by atoms with van der Waals surface area (Å²) < 4.78 is 18.8. The number of nitrogens with one attached hydrogen (secondary N) is 2. The molecule has 0 unspecified atom stereocenters. The van der Waals surface area contributed by atoms with E-state index in [4.69, 9.17) is 16.3 Å². The molecule has 0 aliphatic carbocycles. The highest BCUT2D eigenvalue weighted by Gasteiger charge is 2.27. The smallest absolute Gasteiger partial charge is 0.228 e. The molecule has 2 aliphatic heterocycles. The van der Waals surface area contributed by atoms with Crippen molar-refractivity contribution in [3.05, 3.63) is 52.8 Å². The summed E-state index contributed by atoms with van der Waals surface area (Å²) in [4.78, 5) is 16.2. The van der Waals surface area contributed by atoms with E-state index in [1.807, 2.05) is 31.2 Å². The summed E-state index contributed by atoms with van der Waals surface area (Å²) >= 11 is 6.45. The molecule has 42 heavy (non-hydrogen) atoms. The Hall–Kier alpha value is -2.84. The maximum atomic E-state index is 13.1. The molecule has 11 heteroatoms. The molecule has 2 aromatic rings. The van der Waals surface area contributed by atoms with Gasteiger partial charge < -0.3 is 29.7 Å². The molecule has 2 aromatic carbocycles. The second kappa shape index (κ2) is 14.1. The number of piperazine rings is 1. The van der Waals surface area contributed by atoms with Crippen molar-refractivity contribution >= 4 is 53.8 Å². The van der Waals surface area contributed by atoms with Crippen LogP contribution < -0.4 is 25.6 Å². The maximum absolute atomic E-state index is 13.1. The molecule has 0 amide bonds. The van der Waals surface area contributed by atoms with E-state index in [9.17, 15) is 4.57 Å². The Labute approximate surface area is 256 Å². The standard InChI is InChI=1S/C31H45ClN7O2P/c1-22-9-8-10-27(29(22)42(6,7)40)34-30(23(2)32)36-31(33-3)35-26-12-11-25(21-28(26)41-5)38-15-13-24(14-16-38)39-19-17-37(4)18-20-39/h8-12,21,24,34H,3,13-20H2,1-2,4-7H3,(H,35,36)/b30-23+. The van der Waals surface area contributed by atoms with Gasteiger partial charge in [-0.2, -0.15) is 4.99 Å². The second-order valence-electron chi connectivity index (χ2n) is 11.5. The number of anilines is 3. The predicted octanol–water partition coefficient (Wildman–Crippen LogP) is 5.48. The van der Waals surface area contributed by atoms with E-state index in [1.165, 1.54) is 0 Å². The number of rotatable bonds is 8. The summed E-state index contributed by atoms with van der Waals surface area (Å²) in [5.74, 6) is 1.32. The number of aliphatic imine (C=N–C) groups is 2. The molecule has 0 aromatic heterocycles. The monoisotopic (exact) mass is 613 g/mol. The zero-order chi connectivity index (χ0) is 30.4. The number of methoxy groups -OCH3 is 1. The van der Waals surface area contributed by atoms with Gasteiger partial charge in [-0.15, -0.1) is 0 Å². The van der Waals surface area contributed by atoms with Gasteiger partial charge in [0.25, 0.3) is 0 Å². The van der Waals surface area contributed by atoms with Gasteiger partial charge in [-0.3, -0.25) is 4.90 Å². The first-order valence-corrected chi connectivity index (χ1v) is 17.4. The number of halogens is 1. The average Bonchev–Trinajstić information content (AvgIpc) is 2.96. The van der Waals surface area contributed by atoms with E-state index in [-0.39, 0.29) is 5.96 Å². The van der Waals surface area contributed by atoms with Crippen LogP contribution in [0.1, 0.15) is 25.3 Å². The van der Waals surface area contributed by atoms with Gasteiger partial charge in [0.15, 0.2) is 0 Å². The third kappa shape index (κ3) is 7.95. The third-order valence-electron chi connectivity index (χ3n) is 8.04. The van der Waals surface area contributed by atoms with Crippen LogP contribution in [0.5, 0.6) is 5.75 Å². The molecule has 9 nitrogen and oxygen atoms in total. The first kappa shape index (κ1) is 32.1. The molecule has 2 aliphatic rings. The van der Waals surface area contributed by atoms with Crippen molar-refractivity contribution in [1.82, 2.24) is 9.80 Å². The number of guanidine groups is 1. The zero-order valence-corrected chi connectivity index (χ0v) is 27.4. The Bertz CT molecular complexity index is 1370. The number of allylic oxidation sites excluding steroid dienone is 1. The van der Waals surface area contributed by atoms with Crippen LogP contribution in [-0.4, -0.2) is 95.3 Å². The van der Waals surface area contributed by atoms with Crippen molar-refractivity contribution in [2.45, 2.75) is 32.7 Å². The number of aryl methyl sites for hydroxylation is 1. The highest BCUT2D eigenvalue weighted by Crippen LogP contribution is 2.39. The Balaban J connectivity index is 1.48. The fourth-order valence-electron chi connectivity index (χ4n) is 5.78. The summed E-state index contributed by atoms with van der Waals surface area (Å²) in [6, 6.07) is 12.5. The largest absolute Gasteiger partial charge is 0.494 e. The van der Waals surface area contributed by atoms with Crippen LogP contribution in [0, 0.1) is 6.92 Å². The molecule has 0 spiro atoms. The molecule has 0 atom stereocenters. The SMILES string of the molecule is C=NC(=N/C(Nc1cccc(C)c1P(C)(C)=O)=C(\C)Cl)Nc1ccc(N2CCC(N3CCN(C)CC3)CC2)cc1OC. The lowest BCUT2D eigenvalue weighted by Crippen LogP contribution is -2.52. The zero-order valence-electron chi connectivity index (χ0n) is 25.8. The lowest BCUT2D eigenvalue weighted by molar-refractivity contribution is 0.0982. The van der Waals surface area contributed by atoms with Crippen LogP contribution >= 0.6 is 18.7 Å². The van der Waals surface area contributed by atoms with Gasteiger partial charge in [-0.05, 0) is 77.5 Å². The molecular weight excluding hydrogens is 569 g/mol. The van der Waals surface area contributed by atoms with Gasteiger partial charge in [0.05, 0.1) is 23.5 Å². The van der Waals surface area contributed by atoms with Gasteiger partial charge in [-0.25, -0.2) is 4.99 Å². The van der Waals surface area contributed by atoms with E-state index < -0.39 is 7.14 Å². The number of benzene rings is 2. The highest BCUT2D eigenvalue weighted by molar-refractivity contribution is 7.70. The molecule has 228 valence electrons. The van der Waals surface area contributed by atoms with Crippen molar-refractivity contribution in [3.8, 4) is 5.75 Å². The molecule has 0 saturated carbocycles. The van der Waals surface area contributed by atoms with Crippen molar-refractivity contribution in [2.24, 2.45) is 9.98 Å². The topological polar surface area (TPSA) is 84.8 Å². The number of piperidine rings is 1. The Kier molecular flexibility index (Phi) is 10.8. The van der Waals surface area contributed by atoms with Crippen molar-refractivity contribution in [3.63, 3.8) is 0 Å². The van der Waals surface area contributed by atoms with Crippen LogP contribution in [0.4, 0.5) is 17.1 Å². The average molecular weight is 614 g/mol. The predicted molar refractivity (Wildman–Crippen MR) is 180 cm³/mol. The summed E-state index contributed by atoms with van der Waals surface area (Å²) in [5, 5.41) is 7.70. The summed E-state index contributed by atoms with van der Waals surface area (Å²) in [6.07, 6.45) is 2.33. The van der Waals surface area contributed by atoms with Crippen molar-refractivity contribution in [2.75, 3.05) is 82.3 Å². The molecule has 0 bridgehead atoms. The number of ether oxygens (including phenoxy) is 1. The van der Waals surface area contributed by atoms with Crippen LogP contribution in [0.15, 0.2) is 57.2 Å². The minimum absolute atomic E-state index is 0.252. The number of hydrogen-bond donors (Lipinski definition) is 2. The van der Waals surface area contributed by atoms with Crippen LogP contribution in [0.3, 0.4) is 0 Å². The lowest BCUT2D eigenvalue weighted by Gasteiger charge is -2.42. The van der Waals surface area contributed by atoms with Crippen LogP contribution in [-0.2, 0) is 4.57 Å². The van der Waals surface area contributed by atoms with E-state index in [1.54, 1.807) is 27.4 Å². The first-order chi connectivity index (χ1) is 20.0. The molecule has 0 radical (unpaired) electrons. The number of likely N-dealkylation sites (N-methyl/N-ethyl adjacent to an activating group) is 1. The van der Waals surface area contributed by atoms with Gasteiger partial charge in [0, 0.05) is 62.4 Å². The van der Waals surface area contributed by atoms with Gasteiger partial charge >= 0.3 is 0 Å². The summed E-state index contributed by atoms with van der Waals surface area (Å²) in [7, 11) is 1.29. The van der Waals surface area contributed by atoms with Crippen LogP contribution in [0.25, 0.3) is 0 Å². The third-order valence-corrected chi connectivity index (χ3v) is 9.89. The fraction of sp³-hybridized carbons (Fsp3) is 0.484. The van der Waals surface area contributed by atoms with Crippen molar-refractivity contribution in [1.29, 1.82) is 0 Å². The van der Waals surface area contributed by atoms with Crippen molar-refractivity contribution < 1.29 is 9.30 Å². The normalized spacial score (nSPS) is 18.5. The van der Waals surface area contributed by atoms with Gasteiger partial charge in [0.1, 0.15) is 18.7 Å². The van der Waals surface area contributed by atoms with E-state index in [2.05, 4.69) is 61.2 Å². The molecule has 4 rings (SSSR count). The molecule has 2 saturated heterocycles. The number of nitrogens with zero attached hydrogens (tertiary/aromatic N) is 5. The van der Waals surface area contributed by atoms with Gasteiger partial charge in [0.2, 0.25) is 5.96 Å².